The fourth-order valence-corrected chi connectivity index (χ4v) is 3.32. The summed E-state index contributed by atoms with van der Waals surface area (Å²) in [7, 11) is 1.62. The van der Waals surface area contributed by atoms with E-state index < -0.39 is 0 Å². The molecule has 0 aliphatic carbocycles. The van der Waals surface area contributed by atoms with E-state index in [1.54, 1.807) is 19.3 Å². The Hall–Kier alpha value is -1.99. The minimum atomic E-state index is -0.322. The van der Waals surface area contributed by atoms with Gasteiger partial charge in [-0.3, -0.25) is 14.2 Å². The lowest BCUT2D eigenvalue weighted by atomic mass is 10.1. The molecule has 0 radical (unpaired) electrons. The molecule has 0 saturated heterocycles. The third kappa shape index (κ3) is 6.07. The fraction of sp³-hybridized carbons (Fsp3) is 0.389. The SMILES string of the molecule is CN(CC(=O)NC(C)(C)C)C(=O)CSc1nccn1-c1cccc(Cl)c1. The van der Waals surface area contributed by atoms with Gasteiger partial charge in [-0.05, 0) is 39.0 Å². The van der Waals surface area contributed by atoms with Gasteiger partial charge in [0.15, 0.2) is 5.16 Å². The minimum absolute atomic E-state index is 0.0272. The number of amides is 2. The van der Waals surface area contributed by atoms with Crippen molar-refractivity contribution in [2.24, 2.45) is 0 Å². The van der Waals surface area contributed by atoms with Crippen LogP contribution in [0.1, 0.15) is 20.8 Å². The second-order valence-electron chi connectivity index (χ2n) is 6.90. The molecule has 8 heteroatoms. The zero-order valence-corrected chi connectivity index (χ0v) is 16.9. The van der Waals surface area contributed by atoms with Crippen LogP contribution in [0, 0.1) is 0 Å². The molecule has 1 aromatic carbocycles. The number of halogens is 1. The summed E-state index contributed by atoms with van der Waals surface area (Å²) < 4.78 is 1.87. The van der Waals surface area contributed by atoms with Crippen LogP contribution in [0.15, 0.2) is 41.8 Å². The van der Waals surface area contributed by atoms with E-state index in [0.717, 1.165) is 5.69 Å². The molecule has 1 aromatic heterocycles. The second-order valence-corrected chi connectivity index (χ2v) is 8.28. The maximum atomic E-state index is 12.3. The summed E-state index contributed by atoms with van der Waals surface area (Å²) in [6.07, 6.45) is 3.49. The molecule has 1 heterocycles. The molecule has 0 unspecified atom stereocenters. The van der Waals surface area contributed by atoms with Crippen molar-refractivity contribution in [3.63, 3.8) is 0 Å². The molecular weight excluding hydrogens is 372 g/mol. The van der Waals surface area contributed by atoms with Crippen molar-refractivity contribution in [1.82, 2.24) is 19.8 Å². The monoisotopic (exact) mass is 394 g/mol. The molecule has 0 atom stereocenters. The summed E-state index contributed by atoms with van der Waals surface area (Å²) in [4.78, 5) is 30.0. The number of hydrogen-bond donors (Lipinski definition) is 1. The highest BCUT2D eigenvalue weighted by atomic mass is 35.5. The van der Waals surface area contributed by atoms with E-state index in [9.17, 15) is 9.59 Å². The van der Waals surface area contributed by atoms with E-state index in [1.165, 1.54) is 16.7 Å². The predicted molar refractivity (Wildman–Crippen MR) is 105 cm³/mol. The van der Waals surface area contributed by atoms with Gasteiger partial charge in [0.2, 0.25) is 11.8 Å². The molecule has 26 heavy (non-hydrogen) atoms. The number of rotatable bonds is 6. The molecule has 0 aliphatic heterocycles. The Labute approximate surface area is 162 Å². The maximum Gasteiger partial charge on any atom is 0.240 e. The number of carbonyl (C=O) groups is 2. The van der Waals surface area contributed by atoms with Crippen molar-refractivity contribution in [2.45, 2.75) is 31.5 Å². The highest BCUT2D eigenvalue weighted by molar-refractivity contribution is 7.99. The van der Waals surface area contributed by atoms with E-state index in [4.69, 9.17) is 11.6 Å². The van der Waals surface area contributed by atoms with Crippen LogP contribution in [0.25, 0.3) is 5.69 Å². The van der Waals surface area contributed by atoms with Crippen LogP contribution in [0.4, 0.5) is 0 Å². The van der Waals surface area contributed by atoms with E-state index in [0.29, 0.717) is 10.2 Å². The van der Waals surface area contributed by atoms with Gasteiger partial charge in [-0.1, -0.05) is 29.4 Å². The highest BCUT2D eigenvalue weighted by Gasteiger charge is 2.18. The molecule has 6 nitrogen and oxygen atoms in total. The van der Waals surface area contributed by atoms with Crippen LogP contribution < -0.4 is 5.32 Å². The Balaban J connectivity index is 1.94. The van der Waals surface area contributed by atoms with Crippen LogP contribution in [-0.2, 0) is 9.59 Å². The molecule has 1 N–H and O–H groups in total. The van der Waals surface area contributed by atoms with Crippen LogP contribution >= 0.6 is 23.4 Å². The minimum Gasteiger partial charge on any atom is -0.350 e. The van der Waals surface area contributed by atoms with E-state index in [2.05, 4.69) is 10.3 Å². The quantitative estimate of drug-likeness (QED) is 0.765. The maximum absolute atomic E-state index is 12.3. The van der Waals surface area contributed by atoms with Gasteiger partial charge in [0, 0.05) is 35.7 Å². The molecule has 140 valence electrons. The Morgan fingerprint density at radius 3 is 2.73 bits per heavy atom. The largest absolute Gasteiger partial charge is 0.350 e. The van der Waals surface area contributed by atoms with Gasteiger partial charge in [0.05, 0.1) is 12.3 Å². The van der Waals surface area contributed by atoms with Gasteiger partial charge in [0.1, 0.15) is 0 Å². The summed E-state index contributed by atoms with van der Waals surface area (Å²) in [6.45, 7) is 5.73. The van der Waals surface area contributed by atoms with E-state index in [-0.39, 0.29) is 29.7 Å². The van der Waals surface area contributed by atoms with Gasteiger partial charge in [-0.2, -0.15) is 0 Å². The summed E-state index contributed by atoms with van der Waals surface area (Å²) in [5, 5.41) is 4.16. The van der Waals surface area contributed by atoms with Crippen molar-refractivity contribution in [1.29, 1.82) is 0 Å². The van der Waals surface area contributed by atoms with Crippen LogP contribution in [-0.4, -0.2) is 51.1 Å². The molecule has 2 rings (SSSR count). The number of carbonyl (C=O) groups excluding carboxylic acids is 2. The number of nitrogens with zero attached hydrogens (tertiary/aromatic N) is 3. The summed E-state index contributed by atoms with van der Waals surface area (Å²) >= 11 is 7.36. The number of nitrogens with one attached hydrogen (secondary N) is 1. The normalized spacial score (nSPS) is 11.3. The molecule has 2 amide bonds. The van der Waals surface area contributed by atoms with Crippen LogP contribution in [0.2, 0.25) is 5.02 Å². The number of likely N-dealkylation sites (N-methyl/N-ethyl adjacent to an activating group) is 1. The third-order valence-corrected chi connectivity index (χ3v) is 4.53. The number of hydrogen-bond acceptors (Lipinski definition) is 4. The Morgan fingerprint density at radius 1 is 1.35 bits per heavy atom. The smallest absolute Gasteiger partial charge is 0.240 e. The fourth-order valence-electron chi connectivity index (χ4n) is 2.22. The standard InChI is InChI=1S/C18H23ClN4O2S/c1-18(2,3)21-15(24)11-22(4)16(25)12-26-17-20-8-9-23(17)14-7-5-6-13(19)10-14/h5-10H,11-12H2,1-4H3,(H,21,24). The number of thioether (sulfide) groups is 1. The predicted octanol–water partition coefficient (Wildman–Crippen LogP) is 2.99. The molecule has 0 saturated carbocycles. The average molecular weight is 395 g/mol. The zero-order valence-electron chi connectivity index (χ0n) is 15.3. The van der Waals surface area contributed by atoms with E-state index >= 15 is 0 Å². The Morgan fingerprint density at radius 2 is 2.08 bits per heavy atom. The Bertz CT molecular complexity index is 785. The van der Waals surface area contributed by atoms with Gasteiger partial charge in [-0.25, -0.2) is 4.98 Å². The summed E-state index contributed by atoms with van der Waals surface area (Å²) in [5.41, 5.74) is 0.556. The first kappa shape index (κ1) is 20.3. The van der Waals surface area contributed by atoms with Crippen LogP contribution in [0.5, 0.6) is 0 Å². The number of aromatic nitrogens is 2. The number of imidazole rings is 1. The Kier molecular flexibility index (Phi) is 6.72. The van der Waals surface area contributed by atoms with Crippen LogP contribution in [0.3, 0.4) is 0 Å². The lowest BCUT2D eigenvalue weighted by Gasteiger charge is -2.23. The first-order valence-electron chi connectivity index (χ1n) is 8.13. The lowest BCUT2D eigenvalue weighted by molar-refractivity contribution is -0.133. The molecule has 2 aromatic rings. The van der Waals surface area contributed by atoms with Gasteiger partial charge >= 0.3 is 0 Å². The zero-order chi connectivity index (χ0) is 19.3. The van der Waals surface area contributed by atoms with Crippen molar-refractivity contribution in [3.8, 4) is 5.69 Å². The van der Waals surface area contributed by atoms with Crippen molar-refractivity contribution >= 4 is 35.2 Å². The first-order valence-corrected chi connectivity index (χ1v) is 9.49. The van der Waals surface area contributed by atoms with Crippen molar-refractivity contribution in [3.05, 3.63) is 41.7 Å². The van der Waals surface area contributed by atoms with Crippen molar-refractivity contribution in [2.75, 3.05) is 19.3 Å². The van der Waals surface area contributed by atoms with Gasteiger partial charge < -0.3 is 10.2 Å². The molecular formula is C18H23ClN4O2S. The molecule has 0 bridgehead atoms. The lowest BCUT2D eigenvalue weighted by Crippen LogP contribution is -2.46. The van der Waals surface area contributed by atoms with Gasteiger partial charge in [0.25, 0.3) is 0 Å². The molecule has 0 spiro atoms. The molecule has 0 aliphatic rings. The first-order chi connectivity index (χ1) is 12.2. The topological polar surface area (TPSA) is 67.2 Å². The van der Waals surface area contributed by atoms with E-state index in [1.807, 2.05) is 49.7 Å². The summed E-state index contributed by atoms with van der Waals surface area (Å²) in [5.74, 6) is -0.130. The third-order valence-electron chi connectivity index (χ3n) is 3.34. The number of benzene rings is 1. The van der Waals surface area contributed by atoms with Crippen molar-refractivity contribution < 1.29 is 9.59 Å². The summed E-state index contributed by atoms with van der Waals surface area (Å²) in [6, 6.07) is 7.41. The second kappa shape index (κ2) is 8.60. The molecule has 0 fully saturated rings. The van der Waals surface area contributed by atoms with Gasteiger partial charge in [-0.15, -0.1) is 0 Å². The highest BCUT2D eigenvalue weighted by Crippen LogP contribution is 2.22. The average Bonchev–Trinajstić information content (AvgIpc) is 2.99.